The van der Waals surface area contributed by atoms with Crippen molar-refractivity contribution in [2.75, 3.05) is 13.7 Å². The molecule has 1 atom stereocenters. The predicted octanol–water partition coefficient (Wildman–Crippen LogP) is 1.66. The molecule has 0 N–H and O–H groups in total. The Hall–Kier alpha value is -1.55. The van der Waals surface area contributed by atoms with Crippen LogP contribution in [0.3, 0.4) is 0 Å². The van der Waals surface area contributed by atoms with Crippen molar-refractivity contribution in [3.63, 3.8) is 0 Å². The highest BCUT2D eigenvalue weighted by Crippen LogP contribution is 2.15. The summed E-state index contributed by atoms with van der Waals surface area (Å²) in [7, 11) is 1.33. The van der Waals surface area contributed by atoms with E-state index >= 15 is 0 Å². The first-order chi connectivity index (χ1) is 7.70. The van der Waals surface area contributed by atoms with Crippen LogP contribution in [0.25, 0.3) is 0 Å². The fourth-order valence-corrected chi connectivity index (χ4v) is 1.51. The summed E-state index contributed by atoms with van der Waals surface area (Å²) in [5.74, 6) is 0.0658. The van der Waals surface area contributed by atoms with Crippen LogP contribution in [0.1, 0.15) is 5.56 Å². The van der Waals surface area contributed by atoms with Gasteiger partial charge in [0.1, 0.15) is 6.61 Å². The lowest BCUT2D eigenvalue weighted by Crippen LogP contribution is -2.21. The Morgan fingerprint density at radius 3 is 2.81 bits per heavy atom. The van der Waals surface area contributed by atoms with Crippen LogP contribution >= 0.6 is 11.6 Å². The van der Waals surface area contributed by atoms with E-state index in [4.69, 9.17) is 16.3 Å². The van der Waals surface area contributed by atoms with Crippen molar-refractivity contribution in [3.05, 3.63) is 34.9 Å². The van der Waals surface area contributed by atoms with Gasteiger partial charge in [0.15, 0.2) is 6.04 Å². The molecule has 2 rings (SSSR count). The summed E-state index contributed by atoms with van der Waals surface area (Å²) in [4.78, 5) is 15.4. The lowest BCUT2D eigenvalue weighted by atomic mass is 10.2. The van der Waals surface area contributed by atoms with E-state index in [0.717, 1.165) is 5.56 Å². The first kappa shape index (κ1) is 11.0. The molecule has 0 aliphatic carbocycles. The molecular weight excluding hydrogens is 230 g/mol. The average molecular weight is 240 g/mol. The first-order valence-corrected chi connectivity index (χ1v) is 5.13. The van der Waals surface area contributed by atoms with Gasteiger partial charge in [0, 0.05) is 10.6 Å². The number of rotatable bonds is 2. The minimum atomic E-state index is -0.560. The first-order valence-electron chi connectivity index (χ1n) is 4.75. The summed E-state index contributed by atoms with van der Waals surface area (Å²) in [6.45, 7) is 0.227. The lowest BCUT2D eigenvalue weighted by Gasteiger charge is -2.00. The van der Waals surface area contributed by atoms with Crippen molar-refractivity contribution >= 4 is 23.5 Å². The topological polar surface area (TPSA) is 47.9 Å². The van der Waals surface area contributed by atoms with E-state index in [9.17, 15) is 4.79 Å². The van der Waals surface area contributed by atoms with Gasteiger partial charge in [-0.2, -0.15) is 0 Å². The Labute approximate surface area is 97.8 Å². The molecule has 1 aliphatic rings. The zero-order chi connectivity index (χ0) is 11.5. The summed E-state index contributed by atoms with van der Waals surface area (Å²) in [6, 6.07) is 6.51. The van der Waals surface area contributed by atoms with Gasteiger partial charge in [-0.1, -0.05) is 11.6 Å². The molecule has 0 radical (unpaired) electrons. The van der Waals surface area contributed by atoms with E-state index in [0.29, 0.717) is 10.9 Å². The van der Waals surface area contributed by atoms with E-state index in [1.54, 1.807) is 24.3 Å². The third kappa shape index (κ3) is 2.17. The summed E-state index contributed by atoms with van der Waals surface area (Å²) < 4.78 is 9.91. The molecule has 1 aromatic carbocycles. The Morgan fingerprint density at radius 2 is 2.19 bits per heavy atom. The number of hydrogen-bond acceptors (Lipinski definition) is 4. The highest BCUT2D eigenvalue weighted by Gasteiger charge is 2.26. The lowest BCUT2D eigenvalue weighted by molar-refractivity contribution is -0.142. The molecule has 0 bridgehead atoms. The molecule has 0 amide bonds. The second-order valence-corrected chi connectivity index (χ2v) is 3.73. The molecule has 1 aliphatic heterocycles. The van der Waals surface area contributed by atoms with Crippen molar-refractivity contribution in [1.29, 1.82) is 0 Å². The molecule has 1 unspecified atom stereocenters. The van der Waals surface area contributed by atoms with E-state index in [1.165, 1.54) is 7.11 Å². The minimum absolute atomic E-state index is 0.227. The number of nitrogens with zero attached hydrogens (tertiary/aromatic N) is 1. The second-order valence-electron chi connectivity index (χ2n) is 3.29. The van der Waals surface area contributed by atoms with Crippen LogP contribution in [0.15, 0.2) is 29.3 Å². The van der Waals surface area contributed by atoms with Crippen LogP contribution in [-0.4, -0.2) is 31.6 Å². The van der Waals surface area contributed by atoms with Gasteiger partial charge in [0.25, 0.3) is 0 Å². The van der Waals surface area contributed by atoms with E-state index in [1.807, 2.05) is 0 Å². The molecule has 1 aromatic rings. The van der Waals surface area contributed by atoms with Crippen LogP contribution in [0.5, 0.6) is 0 Å². The third-order valence-corrected chi connectivity index (χ3v) is 2.47. The number of halogens is 1. The molecule has 0 saturated heterocycles. The van der Waals surface area contributed by atoms with Gasteiger partial charge in [0.2, 0.25) is 5.90 Å². The summed E-state index contributed by atoms with van der Waals surface area (Å²) >= 11 is 5.77. The van der Waals surface area contributed by atoms with E-state index < -0.39 is 6.04 Å². The van der Waals surface area contributed by atoms with Gasteiger partial charge in [-0.15, -0.1) is 0 Å². The largest absolute Gasteiger partial charge is 0.475 e. The van der Waals surface area contributed by atoms with Crippen LogP contribution in [-0.2, 0) is 14.3 Å². The molecule has 0 spiro atoms. The maximum absolute atomic E-state index is 11.2. The zero-order valence-electron chi connectivity index (χ0n) is 8.64. The van der Waals surface area contributed by atoms with Crippen molar-refractivity contribution in [3.8, 4) is 0 Å². The molecule has 1 heterocycles. The number of esters is 1. The number of benzene rings is 1. The molecule has 4 nitrogen and oxygen atoms in total. The van der Waals surface area contributed by atoms with Crippen molar-refractivity contribution in [2.24, 2.45) is 4.99 Å². The van der Waals surface area contributed by atoms with E-state index in [-0.39, 0.29) is 12.6 Å². The van der Waals surface area contributed by atoms with Gasteiger partial charge in [-0.3, -0.25) is 0 Å². The number of carbonyl (C=O) groups excluding carboxylic acids is 1. The fraction of sp³-hybridized carbons (Fsp3) is 0.273. The van der Waals surface area contributed by atoms with Crippen LogP contribution < -0.4 is 0 Å². The summed E-state index contributed by atoms with van der Waals surface area (Å²) in [5.41, 5.74) is 0.802. The van der Waals surface area contributed by atoms with Crippen LogP contribution in [0, 0.1) is 0 Å². The average Bonchev–Trinajstić information content (AvgIpc) is 2.78. The molecule has 0 fully saturated rings. The molecule has 0 aromatic heterocycles. The highest BCUT2D eigenvalue weighted by atomic mass is 35.5. The zero-order valence-corrected chi connectivity index (χ0v) is 9.40. The van der Waals surface area contributed by atoms with Gasteiger partial charge in [-0.05, 0) is 24.3 Å². The van der Waals surface area contributed by atoms with Crippen LogP contribution in [0.2, 0.25) is 5.02 Å². The molecule has 16 heavy (non-hydrogen) atoms. The number of ether oxygens (including phenoxy) is 2. The van der Waals surface area contributed by atoms with E-state index in [2.05, 4.69) is 9.73 Å². The second kappa shape index (κ2) is 4.53. The number of carbonyl (C=O) groups is 1. The monoisotopic (exact) mass is 239 g/mol. The quantitative estimate of drug-likeness (QED) is 0.738. The van der Waals surface area contributed by atoms with Gasteiger partial charge < -0.3 is 9.47 Å². The number of aliphatic imine (C=N–C) groups is 1. The molecule has 5 heteroatoms. The number of methoxy groups -OCH3 is 1. The smallest absolute Gasteiger partial charge is 0.334 e. The van der Waals surface area contributed by atoms with Crippen LogP contribution in [0.4, 0.5) is 0 Å². The van der Waals surface area contributed by atoms with Crippen molar-refractivity contribution in [2.45, 2.75) is 6.04 Å². The minimum Gasteiger partial charge on any atom is -0.475 e. The number of hydrogen-bond donors (Lipinski definition) is 0. The van der Waals surface area contributed by atoms with Gasteiger partial charge in [-0.25, -0.2) is 9.79 Å². The Kier molecular flexibility index (Phi) is 3.10. The summed E-state index contributed by atoms with van der Waals surface area (Å²) in [5, 5.41) is 0.645. The Bertz CT molecular complexity index is 427. The summed E-state index contributed by atoms with van der Waals surface area (Å²) in [6.07, 6.45) is 0. The Morgan fingerprint density at radius 1 is 1.50 bits per heavy atom. The Balaban J connectivity index is 2.17. The maximum atomic E-state index is 11.2. The highest BCUT2D eigenvalue weighted by molar-refractivity contribution is 6.30. The molecular formula is C11H10ClNO3. The predicted molar refractivity (Wildman–Crippen MR) is 59.7 cm³/mol. The van der Waals surface area contributed by atoms with Gasteiger partial charge >= 0.3 is 5.97 Å². The molecule has 0 saturated carbocycles. The molecule has 84 valence electrons. The standard InChI is InChI=1S/C11H10ClNO3/c1-15-11(14)9-6-16-10(13-9)7-2-4-8(12)5-3-7/h2-5,9H,6H2,1H3. The normalized spacial score (nSPS) is 18.9. The fourth-order valence-electron chi connectivity index (χ4n) is 1.38. The SMILES string of the molecule is COC(=O)C1COC(c2ccc(Cl)cc2)=N1. The third-order valence-electron chi connectivity index (χ3n) is 2.22. The van der Waals surface area contributed by atoms with Gasteiger partial charge in [0.05, 0.1) is 7.11 Å². The van der Waals surface area contributed by atoms with Crippen molar-refractivity contribution < 1.29 is 14.3 Å². The maximum Gasteiger partial charge on any atom is 0.334 e. The van der Waals surface area contributed by atoms with Crippen molar-refractivity contribution in [1.82, 2.24) is 0 Å².